The van der Waals surface area contributed by atoms with Gasteiger partial charge in [-0.2, -0.15) is 15.0 Å². The first-order valence-corrected chi connectivity index (χ1v) is 6.34. The van der Waals surface area contributed by atoms with Crippen molar-refractivity contribution in [1.29, 1.82) is 0 Å². The zero-order chi connectivity index (χ0) is 13.1. The Labute approximate surface area is 112 Å². The van der Waals surface area contributed by atoms with E-state index in [-0.39, 0.29) is 11.4 Å². The van der Waals surface area contributed by atoms with Gasteiger partial charge in [0, 0.05) is 34.3 Å². The average molecular weight is 272 g/mol. The average Bonchev–Trinajstić information content (AvgIpc) is 2.38. The Bertz CT molecular complexity index is 414. The van der Waals surface area contributed by atoms with Crippen LogP contribution in [0.3, 0.4) is 0 Å². The van der Waals surface area contributed by atoms with Crippen molar-refractivity contribution in [2.75, 3.05) is 44.1 Å². The van der Waals surface area contributed by atoms with Crippen LogP contribution in [0.15, 0.2) is 0 Å². The van der Waals surface area contributed by atoms with Crippen LogP contribution in [0.5, 0.6) is 0 Å². The summed E-state index contributed by atoms with van der Waals surface area (Å²) in [6, 6.07) is 0. The maximum absolute atomic E-state index is 5.94. The molecule has 0 bridgehead atoms. The minimum absolute atomic E-state index is 0.225. The number of hydrogen-bond donors (Lipinski definition) is 0. The van der Waals surface area contributed by atoms with Gasteiger partial charge >= 0.3 is 0 Å². The Morgan fingerprint density at radius 3 is 2.78 bits per heavy atom. The summed E-state index contributed by atoms with van der Waals surface area (Å²) in [5.41, 5.74) is 0. The Kier molecular flexibility index (Phi) is 4.19. The molecule has 0 N–H and O–H groups in total. The fraction of sp³-hybridized carbons (Fsp3) is 0.727. The van der Waals surface area contributed by atoms with E-state index in [1.54, 1.807) is 7.11 Å². The number of anilines is 2. The summed E-state index contributed by atoms with van der Waals surface area (Å²) in [5, 5.41) is 0.225. The van der Waals surface area contributed by atoms with Crippen LogP contribution in [0, 0.1) is 0 Å². The van der Waals surface area contributed by atoms with E-state index in [4.69, 9.17) is 16.3 Å². The van der Waals surface area contributed by atoms with Crippen LogP contribution in [0.4, 0.5) is 11.9 Å². The molecule has 7 heteroatoms. The number of hydrogen-bond acceptors (Lipinski definition) is 6. The third-order valence-electron chi connectivity index (χ3n) is 2.98. The van der Waals surface area contributed by atoms with E-state index in [1.165, 1.54) is 0 Å². The van der Waals surface area contributed by atoms with Crippen LogP contribution >= 0.6 is 11.6 Å². The number of ether oxygens (including phenoxy) is 1. The Morgan fingerprint density at radius 2 is 2.11 bits per heavy atom. The van der Waals surface area contributed by atoms with Crippen molar-refractivity contribution >= 4 is 23.5 Å². The van der Waals surface area contributed by atoms with Crippen LogP contribution in [-0.2, 0) is 4.74 Å². The molecular formula is C11H18ClN5O. The van der Waals surface area contributed by atoms with E-state index in [0.717, 1.165) is 25.9 Å². The molecule has 1 aromatic rings. The minimum Gasteiger partial charge on any atom is -0.380 e. The second kappa shape index (κ2) is 5.67. The molecule has 1 saturated heterocycles. The van der Waals surface area contributed by atoms with E-state index < -0.39 is 0 Å². The zero-order valence-corrected chi connectivity index (χ0v) is 11.7. The van der Waals surface area contributed by atoms with Gasteiger partial charge in [0.2, 0.25) is 17.2 Å². The summed E-state index contributed by atoms with van der Waals surface area (Å²) in [6.07, 6.45) is 2.38. The molecule has 1 aromatic heterocycles. The highest BCUT2D eigenvalue weighted by atomic mass is 35.5. The standard InChI is InChI=1S/C11H18ClN5O/c1-16(2)10-13-9(12)14-11(15-10)17-6-4-5-8(7-17)18-3/h8H,4-7H2,1-3H3. The molecule has 0 aromatic carbocycles. The lowest BCUT2D eigenvalue weighted by Gasteiger charge is -2.32. The van der Waals surface area contributed by atoms with Crippen LogP contribution in [0.25, 0.3) is 0 Å². The maximum Gasteiger partial charge on any atom is 0.231 e. The zero-order valence-electron chi connectivity index (χ0n) is 10.9. The van der Waals surface area contributed by atoms with Gasteiger partial charge in [0.05, 0.1) is 6.10 Å². The van der Waals surface area contributed by atoms with Gasteiger partial charge < -0.3 is 14.5 Å². The molecule has 0 radical (unpaired) electrons. The van der Waals surface area contributed by atoms with Gasteiger partial charge in [-0.3, -0.25) is 0 Å². The molecule has 6 nitrogen and oxygen atoms in total. The first-order chi connectivity index (χ1) is 8.60. The largest absolute Gasteiger partial charge is 0.380 e. The lowest BCUT2D eigenvalue weighted by atomic mass is 10.1. The fourth-order valence-electron chi connectivity index (χ4n) is 1.98. The van der Waals surface area contributed by atoms with Gasteiger partial charge in [0.1, 0.15) is 0 Å². The summed E-state index contributed by atoms with van der Waals surface area (Å²) < 4.78 is 5.39. The highest BCUT2D eigenvalue weighted by Gasteiger charge is 2.22. The van der Waals surface area contributed by atoms with Crippen molar-refractivity contribution < 1.29 is 4.74 Å². The quantitative estimate of drug-likeness (QED) is 0.824. The number of methoxy groups -OCH3 is 1. The van der Waals surface area contributed by atoms with Crippen LogP contribution < -0.4 is 9.80 Å². The number of piperidine rings is 1. The molecule has 18 heavy (non-hydrogen) atoms. The molecule has 1 atom stereocenters. The van der Waals surface area contributed by atoms with Gasteiger partial charge in [-0.05, 0) is 24.4 Å². The predicted molar refractivity (Wildman–Crippen MR) is 71.4 cm³/mol. The number of nitrogens with zero attached hydrogens (tertiary/aromatic N) is 5. The van der Waals surface area contributed by atoms with Gasteiger partial charge in [-0.15, -0.1) is 0 Å². The second-order valence-corrected chi connectivity index (χ2v) is 4.88. The molecule has 1 fully saturated rings. The molecule has 0 aliphatic carbocycles. The van der Waals surface area contributed by atoms with Gasteiger partial charge in [-0.25, -0.2) is 0 Å². The Balaban J connectivity index is 2.21. The second-order valence-electron chi connectivity index (χ2n) is 4.54. The van der Waals surface area contributed by atoms with Crippen molar-refractivity contribution in [3.8, 4) is 0 Å². The summed E-state index contributed by atoms with van der Waals surface area (Å²) >= 11 is 5.94. The molecule has 1 unspecified atom stereocenters. The lowest BCUT2D eigenvalue weighted by Crippen LogP contribution is -2.40. The van der Waals surface area contributed by atoms with E-state index in [1.807, 2.05) is 19.0 Å². The SMILES string of the molecule is COC1CCCN(c2nc(Cl)nc(N(C)C)n2)C1. The summed E-state index contributed by atoms with van der Waals surface area (Å²) in [4.78, 5) is 16.6. The Hall–Kier alpha value is -1.14. The highest BCUT2D eigenvalue weighted by Crippen LogP contribution is 2.20. The first-order valence-electron chi connectivity index (χ1n) is 5.97. The Morgan fingerprint density at radius 1 is 1.33 bits per heavy atom. The van der Waals surface area contributed by atoms with Gasteiger partial charge in [0.15, 0.2) is 0 Å². The van der Waals surface area contributed by atoms with E-state index in [0.29, 0.717) is 11.9 Å². The lowest BCUT2D eigenvalue weighted by molar-refractivity contribution is 0.0889. The molecule has 0 spiro atoms. The summed E-state index contributed by atoms with van der Waals surface area (Å²) in [5.74, 6) is 1.20. The van der Waals surface area contributed by atoms with E-state index in [2.05, 4.69) is 19.9 Å². The molecule has 2 rings (SSSR count). The van der Waals surface area contributed by atoms with Gasteiger partial charge in [-0.1, -0.05) is 0 Å². The topological polar surface area (TPSA) is 54.4 Å². The number of rotatable bonds is 3. The molecular weight excluding hydrogens is 254 g/mol. The maximum atomic E-state index is 5.94. The molecule has 100 valence electrons. The first kappa shape index (κ1) is 13.3. The molecule has 2 heterocycles. The smallest absolute Gasteiger partial charge is 0.231 e. The monoisotopic (exact) mass is 271 g/mol. The highest BCUT2D eigenvalue weighted by molar-refractivity contribution is 6.28. The third kappa shape index (κ3) is 3.00. The van der Waals surface area contributed by atoms with Crippen molar-refractivity contribution in [2.24, 2.45) is 0 Å². The molecule has 0 saturated carbocycles. The van der Waals surface area contributed by atoms with Crippen molar-refractivity contribution in [2.45, 2.75) is 18.9 Å². The molecule has 1 aliphatic heterocycles. The third-order valence-corrected chi connectivity index (χ3v) is 3.15. The fourth-order valence-corrected chi connectivity index (χ4v) is 2.13. The van der Waals surface area contributed by atoms with E-state index in [9.17, 15) is 0 Å². The minimum atomic E-state index is 0.225. The number of aromatic nitrogens is 3. The summed E-state index contributed by atoms with van der Waals surface area (Å²) in [6.45, 7) is 1.72. The van der Waals surface area contributed by atoms with Crippen molar-refractivity contribution in [1.82, 2.24) is 15.0 Å². The van der Waals surface area contributed by atoms with Crippen LogP contribution in [0.2, 0.25) is 5.28 Å². The van der Waals surface area contributed by atoms with Crippen LogP contribution in [-0.4, -0.2) is 55.4 Å². The summed E-state index contributed by atoms with van der Waals surface area (Å²) in [7, 11) is 5.49. The van der Waals surface area contributed by atoms with E-state index >= 15 is 0 Å². The van der Waals surface area contributed by atoms with Crippen molar-refractivity contribution in [3.05, 3.63) is 5.28 Å². The predicted octanol–water partition coefficient (Wildman–Crippen LogP) is 1.21. The molecule has 1 aliphatic rings. The molecule has 0 amide bonds. The van der Waals surface area contributed by atoms with Gasteiger partial charge in [0.25, 0.3) is 0 Å². The van der Waals surface area contributed by atoms with Crippen LogP contribution in [0.1, 0.15) is 12.8 Å². The van der Waals surface area contributed by atoms with Crippen molar-refractivity contribution in [3.63, 3.8) is 0 Å². The normalized spacial score (nSPS) is 20.0. The number of halogens is 1.